The van der Waals surface area contributed by atoms with Crippen molar-refractivity contribution in [2.75, 3.05) is 19.8 Å². The first-order valence-electron chi connectivity index (χ1n) is 22.1. The molecule has 0 spiro atoms. The molecule has 0 radical (unpaired) electrons. The van der Waals surface area contributed by atoms with E-state index in [9.17, 15) is 30.0 Å². The van der Waals surface area contributed by atoms with Crippen LogP contribution in [0.2, 0.25) is 0 Å². The summed E-state index contributed by atoms with van der Waals surface area (Å²) >= 11 is 0. The zero-order valence-corrected chi connectivity index (χ0v) is 34.0. The fourth-order valence-electron chi connectivity index (χ4n) is 6.95. The predicted octanol–water partition coefficient (Wildman–Crippen LogP) is 9.00. The molecule has 1 aliphatic heterocycles. The maximum atomic E-state index is 12.7. The summed E-state index contributed by atoms with van der Waals surface area (Å²) in [5.74, 6) is -0.798. The number of carbonyl (C=O) groups excluding carboxylic acids is 2. The van der Waals surface area contributed by atoms with Crippen molar-refractivity contribution < 1.29 is 49.0 Å². The highest BCUT2D eigenvalue weighted by atomic mass is 16.7. The SMILES string of the molecule is CCCCCCCCCCCCCCCCCCCCCCC(=O)O[C@H](COC(=O)CCCCCCCCCC)CO[C@@H]1O[C@H](CO)[C@H](O)C(O)C1O. The fourth-order valence-corrected chi connectivity index (χ4v) is 6.95. The van der Waals surface area contributed by atoms with Gasteiger partial charge in [-0.05, 0) is 12.8 Å². The second-order valence-electron chi connectivity index (χ2n) is 15.5. The Labute approximate surface area is 323 Å². The molecule has 1 heterocycles. The molecule has 2 unspecified atom stereocenters. The summed E-state index contributed by atoms with van der Waals surface area (Å²) in [6.45, 7) is 3.41. The van der Waals surface area contributed by atoms with Crippen LogP contribution in [0.1, 0.15) is 206 Å². The Balaban J connectivity index is 2.25. The minimum atomic E-state index is -1.59. The molecule has 1 saturated heterocycles. The molecule has 53 heavy (non-hydrogen) atoms. The first-order valence-corrected chi connectivity index (χ1v) is 22.1. The molecule has 0 aromatic rings. The van der Waals surface area contributed by atoms with Crippen LogP contribution in [-0.2, 0) is 28.5 Å². The molecular weight excluding hydrogens is 676 g/mol. The van der Waals surface area contributed by atoms with Crippen molar-refractivity contribution in [2.24, 2.45) is 0 Å². The third kappa shape index (κ3) is 27.0. The first-order chi connectivity index (χ1) is 25.8. The topological polar surface area (TPSA) is 152 Å². The molecular formula is C43H82O10. The highest BCUT2D eigenvalue weighted by molar-refractivity contribution is 5.70. The predicted molar refractivity (Wildman–Crippen MR) is 210 cm³/mol. The number of ether oxygens (including phenoxy) is 4. The van der Waals surface area contributed by atoms with Gasteiger partial charge in [0.1, 0.15) is 31.0 Å². The lowest BCUT2D eigenvalue weighted by Gasteiger charge is -2.39. The van der Waals surface area contributed by atoms with Crippen LogP contribution in [0.4, 0.5) is 0 Å². The molecule has 1 rings (SSSR count). The van der Waals surface area contributed by atoms with E-state index in [0.29, 0.717) is 6.42 Å². The van der Waals surface area contributed by atoms with Gasteiger partial charge in [0.25, 0.3) is 0 Å². The fraction of sp³-hybridized carbons (Fsp3) is 0.953. The molecule has 0 amide bonds. The number of aliphatic hydroxyl groups is 4. The number of esters is 2. The van der Waals surface area contributed by atoms with E-state index >= 15 is 0 Å². The smallest absolute Gasteiger partial charge is 0.306 e. The lowest BCUT2D eigenvalue weighted by molar-refractivity contribution is -0.305. The van der Waals surface area contributed by atoms with Crippen LogP contribution in [0.15, 0.2) is 0 Å². The Morgan fingerprint density at radius 2 is 0.887 bits per heavy atom. The molecule has 10 nitrogen and oxygen atoms in total. The van der Waals surface area contributed by atoms with E-state index in [1.165, 1.54) is 135 Å². The third-order valence-electron chi connectivity index (χ3n) is 10.5. The van der Waals surface area contributed by atoms with Crippen LogP contribution in [-0.4, -0.2) is 89.0 Å². The van der Waals surface area contributed by atoms with Gasteiger partial charge in [0.05, 0.1) is 13.2 Å². The van der Waals surface area contributed by atoms with E-state index in [-0.39, 0.29) is 32.0 Å². The average Bonchev–Trinajstić information content (AvgIpc) is 3.15. The van der Waals surface area contributed by atoms with E-state index in [1.54, 1.807) is 0 Å². The Bertz CT molecular complexity index is 840. The van der Waals surface area contributed by atoms with Gasteiger partial charge in [-0.15, -0.1) is 0 Å². The van der Waals surface area contributed by atoms with Crippen LogP contribution < -0.4 is 0 Å². The Morgan fingerprint density at radius 1 is 0.509 bits per heavy atom. The number of aliphatic hydroxyl groups excluding tert-OH is 4. The maximum Gasteiger partial charge on any atom is 0.306 e. The van der Waals surface area contributed by atoms with Crippen molar-refractivity contribution in [1.29, 1.82) is 0 Å². The number of unbranched alkanes of at least 4 members (excludes halogenated alkanes) is 26. The van der Waals surface area contributed by atoms with E-state index in [4.69, 9.17) is 18.9 Å². The molecule has 6 atom stereocenters. The van der Waals surface area contributed by atoms with Gasteiger partial charge in [0.15, 0.2) is 12.4 Å². The summed E-state index contributed by atoms with van der Waals surface area (Å²) < 4.78 is 22.1. The molecule has 1 fully saturated rings. The van der Waals surface area contributed by atoms with Gasteiger partial charge in [0.2, 0.25) is 0 Å². The second kappa shape index (κ2) is 35.1. The summed E-state index contributed by atoms with van der Waals surface area (Å²) in [7, 11) is 0. The summed E-state index contributed by atoms with van der Waals surface area (Å²) in [5.41, 5.74) is 0. The number of rotatable bonds is 37. The van der Waals surface area contributed by atoms with E-state index in [2.05, 4.69) is 13.8 Å². The van der Waals surface area contributed by atoms with Crippen molar-refractivity contribution in [3.63, 3.8) is 0 Å². The highest BCUT2D eigenvalue weighted by Crippen LogP contribution is 2.23. The minimum absolute atomic E-state index is 0.210. The summed E-state index contributed by atoms with van der Waals surface area (Å²) in [6.07, 6.45) is 27.0. The Morgan fingerprint density at radius 3 is 1.28 bits per heavy atom. The molecule has 0 aromatic heterocycles. The van der Waals surface area contributed by atoms with Gasteiger partial charge in [-0.3, -0.25) is 9.59 Å². The molecule has 0 saturated carbocycles. The maximum absolute atomic E-state index is 12.7. The largest absolute Gasteiger partial charge is 0.462 e. The molecule has 0 aliphatic carbocycles. The van der Waals surface area contributed by atoms with Crippen molar-refractivity contribution in [2.45, 2.75) is 243 Å². The summed E-state index contributed by atoms with van der Waals surface area (Å²) in [4.78, 5) is 25.2. The number of carbonyl (C=O) groups is 2. The van der Waals surface area contributed by atoms with E-state index < -0.39 is 49.4 Å². The van der Waals surface area contributed by atoms with Crippen molar-refractivity contribution in [3.8, 4) is 0 Å². The number of hydrogen-bond donors (Lipinski definition) is 4. The molecule has 0 bridgehead atoms. The minimum Gasteiger partial charge on any atom is -0.462 e. The zero-order chi connectivity index (χ0) is 38.8. The summed E-state index contributed by atoms with van der Waals surface area (Å²) in [5, 5.41) is 39.9. The van der Waals surface area contributed by atoms with Crippen LogP contribution in [0.5, 0.6) is 0 Å². The lowest BCUT2D eigenvalue weighted by atomic mass is 9.99. The molecule has 10 heteroatoms. The molecule has 1 aliphatic rings. The van der Waals surface area contributed by atoms with Gasteiger partial charge in [-0.2, -0.15) is 0 Å². The molecule has 4 N–H and O–H groups in total. The second-order valence-corrected chi connectivity index (χ2v) is 15.5. The van der Waals surface area contributed by atoms with Gasteiger partial charge >= 0.3 is 11.9 Å². The normalized spacial score (nSPS) is 20.8. The van der Waals surface area contributed by atoms with Gasteiger partial charge < -0.3 is 39.4 Å². The third-order valence-corrected chi connectivity index (χ3v) is 10.5. The Hall–Kier alpha value is -1.30. The molecule has 0 aromatic carbocycles. The van der Waals surface area contributed by atoms with Crippen molar-refractivity contribution in [1.82, 2.24) is 0 Å². The van der Waals surface area contributed by atoms with Crippen LogP contribution in [0.25, 0.3) is 0 Å². The monoisotopic (exact) mass is 759 g/mol. The highest BCUT2D eigenvalue weighted by Gasteiger charge is 2.44. The summed E-state index contributed by atoms with van der Waals surface area (Å²) in [6, 6.07) is 0. The average molecular weight is 759 g/mol. The van der Waals surface area contributed by atoms with E-state index in [0.717, 1.165) is 38.5 Å². The van der Waals surface area contributed by atoms with E-state index in [1.807, 2.05) is 0 Å². The number of hydrogen-bond acceptors (Lipinski definition) is 10. The van der Waals surface area contributed by atoms with Crippen molar-refractivity contribution in [3.05, 3.63) is 0 Å². The zero-order valence-electron chi connectivity index (χ0n) is 34.0. The van der Waals surface area contributed by atoms with Crippen LogP contribution in [0, 0.1) is 0 Å². The quantitative estimate of drug-likeness (QED) is 0.0357. The first kappa shape index (κ1) is 49.7. The van der Waals surface area contributed by atoms with Crippen molar-refractivity contribution >= 4 is 11.9 Å². The van der Waals surface area contributed by atoms with Gasteiger partial charge in [-0.1, -0.05) is 181 Å². The van der Waals surface area contributed by atoms with Crippen LogP contribution in [0.3, 0.4) is 0 Å². The van der Waals surface area contributed by atoms with Gasteiger partial charge in [0, 0.05) is 12.8 Å². The standard InChI is InChI=1S/C43H82O10/c1-3-5-7-9-11-13-14-15-16-17-18-19-20-21-22-23-24-26-28-30-32-39(46)52-36(34-50-38(45)31-29-27-25-12-10-8-6-4-2)35-51-43-42(49)41(48)40(47)37(33-44)53-43/h36-37,40-44,47-49H,3-35H2,1-2H3/t36-,37-,40+,41?,42?,43-/m1/s1. The molecule has 314 valence electrons. The van der Waals surface area contributed by atoms with Gasteiger partial charge in [-0.25, -0.2) is 0 Å². The Kier molecular flexibility index (Phi) is 33.0. The lowest BCUT2D eigenvalue weighted by Crippen LogP contribution is -2.59. The van der Waals surface area contributed by atoms with Crippen LogP contribution >= 0.6 is 0 Å².